The number of hydrogen-bond donors (Lipinski definition) is 4. The second kappa shape index (κ2) is 11.4. The number of amides is 3. The number of H-pyrrole nitrogens is 1. The normalized spacial score (nSPS) is 11.8. The van der Waals surface area contributed by atoms with E-state index in [1.807, 2.05) is 0 Å². The van der Waals surface area contributed by atoms with E-state index < -0.39 is 51.5 Å². The van der Waals surface area contributed by atoms with Gasteiger partial charge in [0, 0.05) is 12.1 Å². The van der Waals surface area contributed by atoms with Crippen molar-refractivity contribution in [2.45, 2.75) is 5.92 Å². The molecule has 0 aliphatic carbocycles. The van der Waals surface area contributed by atoms with Crippen LogP contribution in [0.25, 0.3) is 11.0 Å². The van der Waals surface area contributed by atoms with Crippen molar-refractivity contribution < 1.29 is 33.6 Å². The molecular weight excluding hydrogens is 506 g/mol. The topological polar surface area (TPSA) is 238 Å². The number of aromatic nitrogens is 2. The van der Waals surface area contributed by atoms with Crippen LogP contribution in [0.4, 0.5) is 16.2 Å². The first kappa shape index (κ1) is 26.9. The minimum absolute atomic E-state index is 0.0276. The Bertz CT molecular complexity index is 1550. The fraction of sp³-hybridized carbons (Fsp3) is 0.136. The Balaban J connectivity index is 2.19. The lowest BCUT2D eigenvalue weighted by atomic mass is 9.93. The number of nitrogens with two attached hydrogens (primary N) is 1. The molecule has 0 aliphatic heterocycles. The standard InChI is InChI=1S/C22H19N7O9/c1-37-14-6-4-3-5-12(14)25-20(32)18(30)15(17(21(33)38-2)27-28-22(23)34)16-19(31)26-13-9-10(29(35)36)7-8-11(13)24-16/h3-9,15H,1-2H3,(H,25,32)(H,26,31)(H3,23,28,34)/b27-17+/t15-/m0/s1. The van der Waals surface area contributed by atoms with Crippen LogP contribution in [-0.4, -0.2) is 58.5 Å². The molecule has 16 heteroatoms. The highest BCUT2D eigenvalue weighted by Gasteiger charge is 2.39. The summed E-state index contributed by atoms with van der Waals surface area (Å²) >= 11 is 0. The Morgan fingerprint density at radius 3 is 2.50 bits per heavy atom. The lowest BCUT2D eigenvalue weighted by molar-refractivity contribution is -0.384. The lowest BCUT2D eigenvalue weighted by Crippen LogP contribution is -2.41. The summed E-state index contributed by atoms with van der Waals surface area (Å²) in [5, 5.41) is 16.9. The fourth-order valence-electron chi connectivity index (χ4n) is 3.29. The van der Waals surface area contributed by atoms with Crippen LogP contribution in [0.5, 0.6) is 5.75 Å². The number of nitro groups is 1. The number of esters is 1. The molecule has 0 unspecified atom stereocenters. The van der Waals surface area contributed by atoms with E-state index in [-0.39, 0.29) is 28.2 Å². The van der Waals surface area contributed by atoms with Crippen molar-refractivity contribution in [3.63, 3.8) is 0 Å². The number of Topliss-reactive ketones (excluding diaryl/α,β-unsaturated/α-hetero) is 1. The van der Waals surface area contributed by atoms with Crippen molar-refractivity contribution in [1.82, 2.24) is 15.4 Å². The third-order valence-corrected chi connectivity index (χ3v) is 4.98. The summed E-state index contributed by atoms with van der Waals surface area (Å²) < 4.78 is 9.75. The molecule has 5 N–H and O–H groups in total. The molecule has 0 radical (unpaired) electrons. The van der Waals surface area contributed by atoms with E-state index in [0.29, 0.717) is 0 Å². The number of fused-ring (bicyclic) bond motifs is 1. The maximum atomic E-state index is 13.4. The number of nitro benzene ring substituents is 1. The van der Waals surface area contributed by atoms with E-state index in [1.54, 1.807) is 17.6 Å². The first-order valence-electron chi connectivity index (χ1n) is 10.4. The summed E-state index contributed by atoms with van der Waals surface area (Å²) in [7, 11) is 2.26. The number of para-hydroxylation sites is 2. The molecule has 1 atom stereocenters. The van der Waals surface area contributed by atoms with Crippen molar-refractivity contribution >= 4 is 51.8 Å². The van der Waals surface area contributed by atoms with Gasteiger partial charge in [-0.15, -0.1) is 0 Å². The minimum Gasteiger partial charge on any atom is -0.495 e. The summed E-state index contributed by atoms with van der Waals surface area (Å²) in [6, 6.07) is 8.16. The van der Waals surface area contributed by atoms with Gasteiger partial charge in [0.05, 0.1) is 35.9 Å². The second-order valence-electron chi connectivity index (χ2n) is 7.33. The minimum atomic E-state index is -2.10. The zero-order valence-corrected chi connectivity index (χ0v) is 19.7. The molecule has 0 saturated carbocycles. The summed E-state index contributed by atoms with van der Waals surface area (Å²) in [4.78, 5) is 80.0. The number of methoxy groups -OCH3 is 2. The summed E-state index contributed by atoms with van der Waals surface area (Å²) in [6.45, 7) is 0. The predicted molar refractivity (Wildman–Crippen MR) is 131 cm³/mol. The van der Waals surface area contributed by atoms with Crippen molar-refractivity contribution in [3.05, 3.63) is 68.6 Å². The zero-order valence-electron chi connectivity index (χ0n) is 19.7. The number of non-ortho nitro benzene ring substituents is 1. The molecule has 3 aromatic rings. The van der Waals surface area contributed by atoms with Crippen molar-refractivity contribution in [3.8, 4) is 5.75 Å². The van der Waals surface area contributed by atoms with Crippen LogP contribution in [0.2, 0.25) is 0 Å². The van der Waals surface area contributed by atoms with Gasteiger partial charge in [-0.3, -0.25) is 24.5 Å². The molecule has 1 heterocycles. The number of nitrogens with zero attached hydrogens (tertiary/aromatic N) is 3. The largest absolute Gasteiger partial charge is 0.495 e. The van der Waals surface area contributed by atoms with Crippen LogP contribution in [0.1, 0.15) is 11.6 Å². The monoisotopic (exact) mass is 525 g/mol. The summed E-state index contributed by atoms with van der Waals surface area (Å²) in [5.41, 5.74) is 3.73. The maximum absolute atomic E-state index is 13.4. The average molecular weight is 525 g/mol. The first-order valence-corrected chi connectivity index (χ1v) is 10.4. The number of ether oxygens (including phenoxy) is 2. The number of nitrogens with one attached hydrogen (secondary N) is 3. The highest BCUT2D eigenvalue weighted by Crippen LogP contribution is 2.25. The number of carbonyl (C=O) groups excluding carboxylic acids is 4. The number of primary amides is 1. The Morgan fingerprint density at radius 2 is 1.87 bits per heavy atom. The highest BCUT2D eigenvalue weighted by atomic mass is 16.6. The molecule has 38 heavy (non-hydrogen) atoms. The quantitative estimate of drug-likeness (QED) is 0.0981. The molecule has 2 aromatic carbocycles. The molecule has 1 aromatic heterocycles. The van der Waals surface area contributed by atoms with E-state index >= 15 is 0 Å². The van der Waals surface area contributed by atoms with Crippen LogP contribution in [0.3, 0.4) is 0 Å². The Morgan fingerprint density at radius 1 is 1.16 bits per heavy atom. The SMILES string of the molecule is COC(=O)/C(=N/NC(N)=O)[C@@H](C(=O)C(=O)Nc1ccccc1OC)c1nc2ccc([N+](=O)[O-])cc2[nH]c1=O. The molecule has 0 saturated heterocycles. The number of urea groups is 1. The second-order valence-corrected chi connectivity index (χ2v) is 7.33. The van der Waals surface area contributed by atoms with Gasteiger partial charge in [-0.2, -0.15) is 5.10 Å². The number of anilines is 1. The lowest BCUT2D eigenvalue weighted by Gasteiger charge is -2.16. The third-order valence-electron chi connectivity index (χ3n) is 4.98. The third kappa shape index (κ3) is 5.76. The number of carbonyl (C=O) groups is 4. The van der Waals surface area contributed by atoms with Crippen LogP contribution in [0.15, 0.2) is 52.4 Å². The van der Waals surface area contributed by atoms with Gasteiger partial charge < -0.3 is 25.5 Å². The van der Waals surface area contributed by atoms with E-state index in [0.717, 1.165) is 19.2 Å². The van der Waals surface area contributed by atoms with Gasteiger partial charge in [0.15, 0.2) is 5.71 Å². The maximum Gasteiger partial charge on any atom is 0.355 e. The number of hydrazone groups is 1. The number of ketones is 1. The average Bonchev–Trinajstić information content (AvgIpc) is 2.89. The Hall–Kier alpha value is -5.67. The zero-order chi connectivity index (χ0) is 28.0. The molecule has 16 nitrogen and oxygen atoms in total. The van der Waals surface area contributed by atoms with Crippen molar-refractivity contribution in [1.29, 1.82) is 0 Å². The fourth-order valence-corrected chi connectivity index (χ4v) is 3.29. The van der Waals surface area contributed by atoms with E-state index in [4.69, 9.17) is 10.5 Å². The van der Waals surface area contributed by atoms with Gasteiger partial charge in [0.25, 0.3) is 17.2 Å². The molecule has 3 rings (SSSR count). The molecule has 0 aliphatic rings. The van der Waals surface area contributed by atoms with E-state index in [1.165, 1.54) is 25.3 Å². The smallest absolute Gasteiger partial charge is 0.355 e. The van der Waals surface area contributed by atoms with E-state index in [2.05, 4.69) is 25.1 Å². The molecule has 0 fully saturated rings. The number of benzene rings is 2. The van der Waals surface area contributed by atoms with Crippen LogP contribution in [-0.2, 0) is 19.1 Å². The number of hydrogen-bond acceptors (Lipinski definition) is 11. The molecule has 196 valence electrons. The van der Waals surface area contributed by atoms with Gasteiger partial charge in [-0.1, -0.05) is 12.1 Å². The van der Waals surface area contributed by atoms with Gasteiger partial charge in [-0.25, -0.2) is 20.0 Å². The molecule has 0 spiro atoms. The summed E-state index contributed by atoms with van der Waals surface area (Å²) in [5.74, 6) is -5.91. The number of aromatic amines is 1. The molecular formula is C22H19N7O9. The first-order chi connectivity index (χ1) is 18.1. The van der Waals surface area contributed by atoms with Crippen molar-refractivity contribution in [2.75, 3.05) is 19.5 Å². The Labute approximate surface area is 212 Å². The van der Waals surface area contributed by atoms with Gasteiger partial charge in [0.1, 0.15) is 17.4 Å². The van der Waals surface area contributed by atoms with Crippen molar-refractivity contribution in [2.24, 2.45) is 10.8 Å². The van der Waals surface area contributed by atoms with Crippen LogP contribution < -0.4 is 26.8 Å². The predicted octanol–water partition coefficient (Wildman–Crippen LogP) is 0.329. The van der Waals surface area contributed by atoms with Gasteiger partial charge in [0.2, 0.25) is 5.78 Å². The molecule has 3 amide bonds. The highest BCUT2D eigenvalue weighted by molar-refractivity contribution is 6.53. The summed E-state index contributed by atoms with van der Waals surface area (Å²) in [6.07, 6.45) is 0. The Kier molecular flexibility index (Phi) is 8.06. The van der Waals surface area contributed by atoms with E-state index in [9.17, 15) is 34.1 Å². The molecule has 0 bridgehead atoms. The number of rotatable bonds is 9. The van der Waals surface area contributed by atoms with Gasteiger partial charge in [-0.05, 0) is 18.2 Å². The van der Waals surface area contributed by atoms with Crippen LogP contribution in [0, 0.1) is 10.1 Å². The van der Waals surface area contributed by atoms with Crippen LogP contribution >= 0.6 is 0 Å². The van der Waals surface area contributed by atoms with Gasteiger partial charge >= 0.3 is 12.0 Å².